The molecule has 2 aromatic rings. The van der Waals surface area contributed by atoms with E-state index < -0.39 is 0 Å². The third-order valence-electron chi connectivity index (χ3n) is 3.66. The van der Waals surface area contributed by atoms with Gasteiger partial charge in [-0.3, -0.25) is 14.9 Å². The van der Waals surface area contributed by atoms with Crippen molar-refractivity contribution in [2.75, 3.05) is 18.9 Å². The number of para-hydroxylation sites is 2. The number of nitrogens with zero attached hydrogens (tertiary/aromatic N) is 2. The zero-order chi connectivity index (χ0) is 14.1. The van der Waals surface area contributed by atoms with Gasteiger partial charge in [0.1, 0.15) is 0 Å². The highest BCUT2D eigenvalue weighted by atomic mass is 16.2. The van der Waals surface area contributed by atoms with Crippen molar-refractivity contribution in [3.8, 4) is 0 Å². The van der Waals surface area contributed by atoms with Crippen molar-refractivity contribution < 1.29 is 9.59 Å². The molecule has 1 aliphatic rings. The number of piperidine rings is 1. The maximum atomic E-state index is 12.2. The number of rotatable bonds is 2. The Morgan fingerprint density at radius 3 is 3.00 bits per heavy atom. The van der Waals surface area contributed by atoms with Crippen molar-refractivity contribution in [2.45, 2.75) is 12.8 Å². The van der Waals surface area contributed by atoms with E-state index in [0.29, 0.717) is 18.9 Å². The average Bonchev–Trinajstić information content (AvgIpc) is 2.83. The predicted octanol–water partition coefficient (Wildman–Crippen LogP) is 1.37. The summed E-state index contributed by atoms with van der Waals surface area (Å²) in [6, 6.07) is 7.57. The zero-order valence-electron chi connectivity index (χ0n) is 11.2. The number of anilines is 1. The first-order valence-electron chi connectivity index (χ1n) is 6.63. The van der Waals surface area contributed by atoms with E-state index in [4.69, 9.17) is 0 Å². The van der Waals surface area contributed by atoms with Gasteiger partial charge in [0.15, 0.2) is 0 Å². The summed E-state index contributed by atoms with van der Waals surface area (Å²) < 4.78 is 0. The molecule has 2 heterocycles. The molecule has 1 aromatic carbocycles. The minimum Gasteiger partial charge on any atom is -0.346 e. The predicted molar refractivity (Wildman–Crippen MR) is 75.1 cm³/mol. The van der Waals surface area contributed by atoms with E-state index in [1.165, 1.54) is 0 Å². The lowest BCUT2D eigenvalue weighted by atomic mass is 9.96. The first-order valence-corrected chi connectivity index (χ1v) is 6.63. The molecular weight excluding hydrogens is 256 g/mol. The van der Waals surface area contributed by atoms with E-state index in [0.717, 1.165) is 11.0 Å². The Balaban J connectivity index is 1.71. The summed E-state index contributed by atoms with van der Waals surface area (Å²) in [7, 11) is 1.76. The Morgan fingerprint density at radius 2 is 2.25 bits per heavy atom. The number of amides is 2. The van der Waals surface area contributed by atoms with Crippen LogP contribution in [0.3, 0.4) is 0 Å². The molecule has 1 fully saturated rings. The maximum Gasteiger partial charge on any atom is 0.230 e. The van der Waals surface area contributed by atoms with Gasteiger partial charge in [0.05, 0.1) is 11.0 Å². The summed E-state index contributed by atoms with van der Waals surface area (Å²) in [5.74, 6) is 0.0287. The van der Waals surface area contributed by atoms with E-state index in [1.807, 2.05) is 24.3 Å². The second kappa shape index (κ2) is 4.96. The molecule has 20 heavy (non-hydrogen) atoms. The SMILES string of the molecule is CN1CC[C@@H](C(=O)Nc2nc3ccccc3[nH]2)CC1=O. The summed E-state index contributed by atoms with van der Waals surface area (Å²) in [6.45, 7) is 0.622. The van der Waals surface area contributed by atoms with Crippen LogP contribution in [0.25, 0.3) is 11.0 Å². The Hall–Kier alpha value is -2.37. The highest BCUT2D eigenvalue weighted by Gasteiger charge is 2.28. The normalized spacial score (nSPS) is 19.4. The molecule has 0 spiro atoms. The Bertz CT molecular complexity index is 631. The zero-order valence-corrected chi connectivity index (χ0v) is 11.2. The van der Waals surface area contributed by atoms with Crippen LogP contribution in [0.2, 0.25) is 0 Å². The molecule has 1 atom stereocenters. The van der Waals surface area contributed by atoms with Gasteiger partial charge >= 0.3 is 0 Å². The first kappa shape index (κ1) is 12.7. The van der Waals surface area contributed by atoms with Gasteiger partial charge in [-0.1, -0.05) is 12.1 Å². The van der Waals surface area contributed by atoms with Crippen LogP contribution in [0.4, 0.5) is 5.95 Å². The minimum absolute atomic E-state index is 0.0148. The molecule has 1 aromatic heterocycles. The lowest BCUT2D eigenvalue weighted by Gasteiger charge is -2.27. The second-order valence-corrected chi connectivity index (χ2v) is 5.10. The van der Waals surface area contributed by atoms with Crippen molar-refractivity contribution in [1.82, 2.24) is 14.9 Å². The van der Waals surface area contributed by atoms with Crippen LogP contribution in [0, 0.1) is 5.92 Å². The molecular formula is C14H16N4O2. The van der Waals surface area contributed by atoms with Gasteiger partial charge in [0, 0.05) is 25.9 Å². The van der Waals surface area contributed by atoms with Crippen LogP contribution >= 0.6 is 0 Å². The Labute approximate surface area is 116 Å². The first-order chi connectivity index (χ1) is 9.63. The molecule has 2 N–H and O–H groups in total. The van der Waals surface area contributed by atoms with Crippen LogP contribution in [0.15, 0.2) is 24.3 Å². The standard InChI is InChI=1S/C14H16N4O2/c1-18-7-6-9(8-12(18)19)13(20)17-14-15-10-4-2-3-5-11(10)16-14/h2-5,9H,6-8H2,1H3,(H2,15,16,17,20)/t9-/m1/s1. The lowest BCUT2D eigenvalue weighted by Crippen LogP contribution is -2.40. The lowest BCUT2D eigenvalue weighted by molar-refractivity contribution is -0.137. The molecule has 0 bridgehead atoms. The fourth-order valence-electron chi connectivity index (χ4n) is 2.40. The molecule has 0 radical (unpaired) electrons. The quantitative estimate of drug-likeness (QED) is 0.866. The fourth-order valence-corrected chi connectivity index (χ4v) is 2.40. The van der Waals surface area contributed by atoms with Crippen molar-refractivity contribution in [3.63, 3.8) is 0 Å². The van der Waals surface area contributed by atoms with Crippen molar-refractivity contribution in [1.29, 1.82) is 0 Å². The molecule has 0 aliphatic carbocycles. The summed E-state index contributed by atoms with van der Waals surface area (Å²) in [5, 5.41) is 2.76. The maximum absolute atomic E-state index is 12.2. The van der Waals surface area contributed by atoms with Crippen LogP contribution in [0.1, 0.15) is 12.8 Å². The molecule has 1 aliphatic heterocycles. The number of benzene rings is 1. The van der Waals surface area contributed by atoms with E-state index in [9.17, 15) is 9.59 Å². The second-order valence-electron chi connectivity index (χ2n) is 5.10. The van der Waals surface area contributed by atoms with Crippen molar-refractivity contribution >= 4 is 28.8 Å². The van der Waals surface area contributed by atoms with Crippen LogP contribution in [0.5, 0.6) is 0 Å². The van der Waals surface area contributed by atoms with Gasteiger partial charge in [0.2, 0.25) is 17.8 Å². The number of aromatic amines is 1. The minimum atomic E-state index is -0.271. The highest BCUT2D eigenvalue weighted by Crippen LogP contribution is 2.20. The molecule has 2 amide bonds. The molecule has 6 nitrogen and oxygen atoms in total. The molecule has 3 rings (SSSR count). The Kier molecular flexibility index (Phi) is 3.14. The highest BCUT2D eigenvalue weighted by molar-refractivity contribution is 5.95. The molecule has 0 saturated carbocycles. The number of hydrogen-bond donors (Lipinski definition) is 2. The van der Waals surface area contributed by atoms with E-state index >= 15 is 0 Å². The van der Waals surface area contributed by atoms with E-state index in [1.54, 1.807) is 11.9 Å². The largest absolute Gasteiger partial charge is 0.346 e. The number of carbonyl (C=O) groups is 2. The summed E-state index contributed by atoms with van der Waals surface area (Å²) in [6.07, 6.45) is 0.955. The van der Waals surface area contributed by atoms with Crippen LogP contribution < -0.4 is 5.32 Å². The third-order valence-corrected chi connectivity index (χ3v) is 3.66. The number of likely N-dealkylation sites (tertiary alicyclic amines) is 1. The fraction of sp³-hybridized carbons (Fsp3) is 0.357. The number of carbonyl (C=O) groups excluding carboxylic acids is 2. The van der Waals surface area contributed by atoms with E-state index in [-0.39, 0.29) is 24.2 Å². The summed E-state index contributed by atoms with van der Waals surface area (Å²) in [4.78, 5) is 32.8. The number of fused-ring (bicyclic) bond motifs is 1. The van der Waals surface area contributed by atoms with Crippen LogP contribution in [-0.2, 0) is 9.59 Å². The van der Waals surface area contributed by atoms with Gasteiger partial charge < -0.3 is 9.88 Å². The topological polar surface area (TPSA) is 78.1 Å². The molecule has 1 saturated heterocycles. The van der Waals surface area contributed by atoms with Gasteiger partial charge in [-0.25, -0.2) is 4.98 Å². The van der Waals surface area contributed by atoms with Gasteiger partial charge in [-0.05, 0) is 18.6 Å². The van der Waals surface area contributed by atoms with Crippen molar-refractivity contribution in [2.24, 2.45) is 5.92 Å². The number of imidazole rings is 1. The number of H-pyrrole nitrogens is 1. The van der Waals surface area contributed by atoms with Gasteiger partial charge in [-0.15, -0.1) is 0 Å². The molecule has 0 unspecified atom stereocenters. The molecule has 6 heteroatoms. The molecule has 104 valence electrons. The smallest absolute Gasteiger partial charge is 0.230 e. The Morgan fingerprint density at radius 1 is 1.45 bits per heavy atom. The third kappa shape index (κ3) is 2.36. The summed E-state index contributed by atoms with van der Waals surface area (Å²) in [5.41, 5.74) is 1.68. The average molecular weight is 272 g/mol. The van der Waals surface area contributed by atoms with Gasteiger partial charge in [0.25, 0.3) is 0 Å². The van der Waals surface area contributed by atoms with E-state index in [2.05, 4.69) is 15.3 Å². The van der Waals surface area contributed by atoms with Crippen molar-refractivity contribution in [3.05, 3.63) is 24.3 Å². The van der Waals surface area contributed by atoms with Crippen LogP contribution in [-0.4, -0.2) is 40.3 Å². The monoisotopic (exact) mass is 272 g/mol. The summed E-state index contributed by atoms with van der Waals surface area (Å²) >= 11 is 0. The number of hydrogen-bond acceptors (Lipinski definition) is 3. The number of nitrogens with one attached hydrogen (secondary N) is 2. The number of aromatic nitrogens is 2. The van der Waals surface area contributed by atoms with Gasteiger partial charge in [-0.2, -0.15) is 0 Å².